The molecule has 1 heterocycles. The maximum Gasteiger partial charge on any atom is 0.337 e. The zero-order chi connectivity index (χ0) is 13.1. The Hall–Kier alpha value is -1.52. The number of amides is 2. The topological polar surface area (TPSA) is 67.4 Å². The van der Waals surface area contributed by atoms with Crippen LogP contribution < -0.4 is 10.6 Å². The van der Waals surface area contributed by atoms with Crippen molar-refractivity contribution in [1.82, 2.24) is 10.6 Å². The number of hydrogen-bond acceptors (Lipinski definition) is 3. The highest BCUT2D eigenvalue weighted by atomic mass is 16.5. The van der Waals surface area contributed by atoms with Crippen LogP contribution in [0.5, 0.6) is 0 Å². The van der Waals surface area contributed by atoms with Gasteiger partial charge in [-0.25, -0.2) is 9.59 Å². The molecular formula is C13H20N2O3. The lowest BCUT2D eigenvalue weighted by atomic mass is 9.80. The van der Waals surface area contributed by atoms with Crippen molar-refractivity contribution < 1.29 is 14.3 Å². The average Bonchev–Trinajstić information content (AvgIpc) is 2.38. The summed E-state index contributed by atoms with van der Waals surface area (Å²) in [4.78, 5) is 23.4. The molecule has 0 aromatic carbocycles. The van der Waals surface area contributed by atoms with E-state index in [0.717, 1.165) is 25.7 Å². The zero-order valence-corrected chi connectivity index (χ0v) is 10.9. The van der Waals surface area contributed by atoms with Crippen LogP contribution in [0.4, 0.5) is 4.79 Å². The van der Waals surface area contributed by atoms with Crippen LogP contribution >= 0.6 is 0 Å². The minimum absolute atomic E-state index is 0.202. The van der Waals surface area contributed by atoms with Crippen LogP contribution in [0.15, 0.2) is 11.3 Å². The predicted molar refractivity (Wildman–Crippen MR) is 66.7 cm³/mol. The molecule has 0 saturated heterocycles. The number of hydrogen-bond donors (Lipinski definition) is 2. The lowest BCUT2D eigenvalue weighted by molar-refractivity contribution is -0.136. The maximum absolute atomic E-state index is 11.9. The molecule has 0 radical (unpaired) electrons. The predicted octanol–water partition coefficient (Wildman–Crippen LogP) is 1.70. The second kappa shape index (κ2) is 5.42. The summed E-state index contributed by atoms with van der Waals surface area (Å²) in [7, 11) is 1.37. The van der Waals surface area contributed by atoms with Gasteiger partial charge in [-0.15, -0.1) is 0 Å². The SMILES string of the molecule is COC(=O)C1=C(C)NC(=O)NC1C1CCCCC1. The number of carbonyl (C=O) groups is 2. The van der Waals surface area contributed by atoms with Crippen molar-refractivity contribution in [3.63, 3.8) is 0 Å². The minimum Gasteiger partial charge on any atom is -0.466 e. The molecule has 1 unspecified atom stereocenters. The second-order valence-corrected chi connectivity index (χ2v) is 5.00. The van der Waals surface area contributed by atoms with Crippen molar-refractivity contribution in [2.45, 2.75) is 45.1 Å². The first-order valence-corrected chi connectivity index (χ1v) is 6.50. The van der Waals surface area contributed by atoms with Crippen LogP contribution in [0, 0.1) is 5.92 Å². The fourth-order valence-electron chi connectivity index (χ4n) is 2.93. The molecule has 2 aliphatic rings. The number of nitrogens with one attached hydrogen (secondary N) is 2. The summed E-state index contributed by atoms with van der Waals surface area (Å²) < 4.78 is 4.83. The van der Waals surface area contributed by atoms with Gasteiger partial charge in [0.25, 0.3) is 0 Å². The van der Waals surface area contributed by atoms with E-state index in [1.807, 2.05) is 0 Å². The van der Waals surface area contributed by atoms with Crippen molar-refractivity contribution in [1.29, 1.82) is 0 Å². The normalized spacial score (nSPS) is 25.4. The van der Waals surface area contributed by atoms with Crippen molar-refractivity contribution in [2.75, 3.05) is 7.11 Å². The standard InChI is InChI=1S/C13H20N2O3/c1-8-10(12(16)18-2)11(15-13(17)14-8)9-6-4-3-5-7-9/h9,11H,3-7H2,1-2H3,(H2,14,15,17). The Morgan fingerprint density at radius 1 is 1.28 bits per heavy atom. The van der Waals surface area contributed by atoms with Gasteiger partial charge in [0.2, 0.25) is 0 Å². The molecule has 1 aliphatic heterocycles. The molecule has 0 aromatic rings. The van der Waals surface area contributed by atoms with Crippen LogP contribution in [0.3, 0.4) is 0 Å². The Morgan fingerprint density at radius 2 is 1.94 bits per heavy atom. The van der Waals surface area contributed by atoms with E-state index in [4.69, 9.17) is 4.74 Å². The smallest absolute Gasteiger partial charge is 0.337 e. The van der Waals surface area contributed by atoms with E-state index in [1.54, 1.807) is 6.92 Å². The van der Waals surface area contributed by atoms with Crippen LogP contribution in [-0.4, -0.2) is 25.2 Å². The summed E-state index contributed by atoms with van der Waals surface area (Å²) in [5.74, 6) is -0.00979. The summed E-state index contributed by atoms with van der Waals surface area (Å²) in [6.45, 7) is 1.75. The van der Waals surface area contributed by atoms with Crippen LogP contribution in [-0.2, 0) is 9.53 Å². The highest BCUT2D eigenvalue weighted by molar-refractivity contribution is 5.94. The van der Waals surface area contributed by atoms with Gasteiger partial charge in [-0.3, -0.25) is 0 Å². The highest BCUT2D eigenvalue weighted by Gasteiger charge is 2.36. The number of ether oxygens (including phenoxy) is 1. The molecule has 0 spiro atoms. The maximum atomic E-state index is 11.9. The summed E-state index contributed by atoms with van der Waals surface area (Å²) >= 11 is 0. The Labute approximate surface area is 107 Å². The summed E-state index contributed by atoms with van der Waals surface area (Å²) in [5.41, 5.74) is 1.19. The molecule has 2 amide bonds. The zero-order valence-electron chi connectivity index (χ0n) is 10.9. The summed E-state index contributed by atoms with van der Waals surface area (Å²) in [6.07, 6.45) is 5.68. The molecule has 0 aromatic heterocycles. The fraction of sp³-hybridized carbons (Fsp3) is 0.692. The van der Waals surface area contributed by atoms with Gasteiger partial charge in [0, 0.05) is 5.70 Å². The third kappa shape index (κ3) is 2.49. The van der Waals surface area contributed by atoms with E-state index in [1.165, 1.54) is 13.5 Å². The van der Waals surface area contributed by atoms with E-state index < -0.39 is 0 Å². The molecule has 1 saturated carbocycles. The Kier molecular flexibility index (Phi) is 3.89. The molecule has 18 heavy (non-hydrogen) atoms. The van der Waals surface area contributed by atoms with Gasteiger partial charge in [0.15, 0.2) is 0 Å². The first-order chi connectivity index (χ1) is 8.63. The number of urea groups is 1. The van der Waals surface area contributed by atoms with Gasteiger partial charge in [0.1, 0.15) is 0 Å². The van der Waals surface area contributed by atoms with Crippen molar-refractivity contribution in [2.24, 2.45) is 5.92 Å². The molecular weight excluding hydrogens is 232 g/mol. The summed E-state index contributed by atoms with van der Waals surface area (Å²) in [5, 5.41) is 5.52. The van der Waals surface area contributed by atoms with Crippen molar-refractivity contribution in [3.8, 4) is 0 Å². The Bertz CT molecular complexity index is 384. The number of rotatable bonds is 2. The largest absolute Gasteiger partial charge is 0.466 e. The first kappa shape index (κ1) is 12.9. The Balaban J connectivity index is 2.26. The number of esters is 1. The van der Waals surface area contributed by atoms with E-state index >= 15 is 0 Å². The minimum atomic E-state index is -0.351. The molecule has 5 nitrogen and oxygen atoms in total. The molecule has 100 valence electrons. The van der Waals surface area contributed by atoms with Gasteiger partial charge in [0.05, 0.1) is 18.7 Å². The molecule has 1 atom stereocenters. The molecule has 1 fully saturated rings. The quantitative estimate of drug-likeness (QED) is 0.735. The van der Waals surface area contributed by atoms with Crippen molar-refractivity contribution >= 4 is 12.0 Å². The van der Waals surface area contributed by atoms with E-state index in [2.05, 4.69) is 10.6 Å². The van der Waals surface area contributed by atoms with Gasteiger partial charge in [-0.05, 0) is 25.7 Å². The van der Waals surface area contributed by atoms with Gasteiger partial charge in [-0.2, -0.15) is 0 Å². The third-order valence-electron chi connectivity index (χ3n) is 3.83. The van der Waals surface area contributed by atoms with Crippen molar-refractivity contribution in [3.05, 3.63) is 11.3 Å². The molecule has 2 rings (SSSR count). The molecule has 1 aliphatic carbocycles. The Morgan fingerprint density at radius 3 is 2.56 bits per heavy atom. The second-order valence-electron chi connectivity index (χ2n) is 5.00. The lowest BCUT2D eigenvalue weighted by Crippen LogP contribution is -2.53. The number of allylic oxidation sites excluding steroid dienone is 1. The highest BCUT2D eigenvalue weighted by Crippen LogP contribution is 2.31. The molecule has 5 heteroatoms. The lowest BCUT2D eigenvalue weighted by Gasteiger charge is -2.35. The van der Waals surface area contributed by atoms with Crippen LogP contribution in [0.2, 0.25) is 0 Å². The molecule has 2 N–H and O–H groups in total. The van der Waals surface area contributed by atoms with Gasteiger partial charge < -0.3 is 15.4 Å². The van der Waals surface area contributed by atoms with E-state index in [9.17, 15) is 9.59 Å². The molecule has 0 bridgehead atoms. The van der Waals surface area contributed by atoms with Crippen LogP contribution in [0.1, 0.15) is 39.0 Å². The fourth-order valence-corrected chi connectivity index (χ4v) is 2.93. The first-order valence-electron chi connectivity index (χ1n) is 6.50. The van der Waals surface area contributed by atoms with Gasteiger partial charge >= 0.3 is 12.0 Å². The summed E-state index contributed by atoms with van der Waals surface area (Å²) in [6, 6.07) is -0.428. The average molecular weight is 252 g/mol. The van der Waals surface area contributed by atoms with E-state index in [-0.39, 0.29) is 18.0 Å². The third-order valence-corrected chi connectivity index (χ3v) is 3.83. The van der Waals surface area contributed by atoms with Gasteiger partial charge in [-0.1, -0.05) is 19.3 Å². The van der Waals surface area contributed by atoms with Crippen LogP contribution in [0.25, 0.3) is 0 Å². The van der Waals surface area contributed by atoms with E-state index in [0.29, 0.717) is 17.2 Å². The number of carbonyl (C=O) groups excluding carboxylic acids is 2. The monoisotopic (exact) mass is 252 g/mol. The number of methoxy groups -OCH3 is 1.